The van der Waals surface area contributed by atoms with Crippen LogP contribution in [0.5, 0.6) is 11.5 Å². The molecule has 0 aliphatic carbocycles. The summed E-state index contributed by atoms with van der Waals surface area (Å²) in [5, 5.41) is 2.81. The number of carbonyl (C=O) groups is 2. The minimum atomic E-state index is -4.83. The van der Waals surface area contributed by atoms with Gasteiger partial charge in [0, 0.05) is 12.2 Å². The molecular formula is C27H23F4N3O4S. The Kier molecular flexibility index (Phi) is 8.34. The smallest absolute Gasteiger partial charge is 0.494 e. The molecule has 1 atom stereocenters. The lowest BCUT2D eigenvalue weighted by Crippen LogP contribution is -2.37. The first-order valence-electron chi connectivity index (χ1n) is 11.8. The molecule has 1 heterocycles. The van der Waals surface area contributed by atoms with Crippen LogP contribution in [0.2, 0.25) is 0 Å². The highest BCUT2D eigenvalue weighted by Gasteiger charge is 2.44. The molecule has 0 aromatic heterocycles. The van der Waals surface area contributed by atoms with E-state index in [-0.39, 0.29) is 18.1 Å². The number of anilines is 2. The molecular weight excluding hydrogens is 538 g/mol. The van der Waals surface area contributed by atoms with E-state index < -0.39 is 35.8 Å². The first kappa shape index (κ1) is 27.8. The van der Waals surface area contributed by atoms with Crippen LogP contribution < -0.4 is 19.7 Å². The number of hydrogen-bond acceptors (Lipinski definition) is 5. The number of nitrogens with zero attached hydrogens (tertiary/aromatic N) is 2. The van der Waals surface area contributed by atoms with Gasteiger partial charge in [-0.05, 0) is 85.4 Å². The zero-order valence-corrected chi connectivity index (χ0v) is 21.4. The topological polar surface area (TPSA) is 71.1 Å². The lowest BCUT2D eigenvalue weighted by Gasteiger charge is -2.24. The number of halogens is 4. The van der Waals surface area contributed by atoms with Gasteiger partial charge in [-0.3, -0.25) is 14.5 Å². The van der Waals surface area contributed by atoms with E-state index in [0.29, 0.717) is 29.3 Å². The van der Waals surface area contributed by atoms with Crippen molar-refractivity contribution in [3.8, 4) is 11.5 Å². The maximum Gasteiger partial charge on any atom is 0.573 e. The zero-order chi connectivity index (χ0) is 28.2. The molecule has 1 fully saturated rings. The van der Waals surface area contributed by atoms with Gasteiger partial charge in [-0.15, -0.1) is 13.2 Å². The lowest BCUT2D eigenvalue weighted by molar-refractivity contribution is -0.274. The molecule has 204 valence electrons. The second kappa shape index (κ2) is 11.7. The van der Waals surface area contributed by atoms with Crippen LogP contribution in [0, 0.1) is 5.82 Å². The van der Waals surface area contributed by atoms with E-state index in [1.807, 2.05) is 6.92 Å². The summed E-state index contributed by atoms with van der Waals surface area (Å²) in [6.07, 6.45) is -5.10. The Labute approximate surface area is 226 Å². The Balaban J connectivity index is 1.55. The average molecular weight is 562 g/mol. The fourth-order valence-corrected chi connectivity index (χ4v) is 4.41. The Morgan fingerprint density at radius 3 is 2.18 bits per heavy atom. The number of nitrogens with one attached hydrogen (secondary N) is 1. The molecule has 0 unspecified atom stereocenters. The van der Waals surface area contributed by atoms with Crippen molar-refractivity contribution in [1.82, 2.24) is 4.90 Å². The predicted molar refractivity (Wildman–Crippen MR) is 140 cm³/mol. The monoisotopic (exact) mass is 561 g/mol. The van der Waals surface area contributed by atoms with Gasteiger partial charge in [-0.2, -0.15) is 0 Å². The standard InChI is InChI=1S/C27H23F4N3O4S/c1-2-37-21-13-7-19(8-14-21)32-24(35)15-23-25(36)34(20-9-5-18(28)6-10-20)26(39)33(23)16-17-3-11-22(12-4-17)38-27(29,30)31/h3-14,23H,2,15-16H2,1H3,(H,32,35)/t23-/m0/s1. The van der Waals surface area contributed by atoms with Crippen LogP contribution in [0.25, 0.3) is 0 Å². The van der Waals surface area contributed by atoms with E-state index in [2.05, 4.69) is 10.1 Å². The van der Waals surface area contributed by atoms with Crippen LogP contribution in [0.1, 0.15) is 18.9 Å². The van der Waals surface area contributed by atoms with Gasteiger partial charge in [-0.25, -0.2) is 4.39 Å². The zero-order valence-electron chi connectivity index (χ0n) is 20.6. The van der Waals surface area contributed by atoms with Crippen molar-refractivity contribution in [1.29, 1.82) is 0 Å². The van der Waals surface area contributed by atoms with Gasteiger partial charge in [0.05, 0.1) is 18.7 Å². The number of carbonyl (C=O) groups excluding carboxylic acids is 2. The largest absolute Gasteiger partial charge is 0.573 e. The number of amides is 2. The third-order valence-electron chi connectivity index (χ3n) is 5.74. The summed E-state index contributed by atoms with van der Waals surface area (Å²) in [5.41, 5.74) is 1.34. The minimum Gasteiger partial charge on any atom is -0.494 e. The van der Waals surface area contributed by atoms with Crippen molar-refractivity contribution in [3.05, 3.63) is 84.2 Å². The summed E-state index contributed by atoms with van der Waals surface area (Å²) in [6, 6.07) is 16.0. The first-order chi connectivity index (χ1) is 18.5. The number of thiocarbonyl (C=S) groups is 1. The highest BCUT2D eigenvalue weighted by molar-refractivity contribution is 7.80. The fraction of sp³-hybridized carbons (Fsp3) is 0.222. The van der Waals surface area contributed by atoms with Gasteiger partial charge in [0.1, 0.15) is 23.4 Å². The third kappa shape index (κ3) is 7.02. The van der Waals surface area contributed by atoms with Crippen LogP contribution in [-0.2, 0) is 16.1 Å². The molecule has 0 radical (unpaired) electrons. The van der Waals surface area contributed by atoms with Gasteiger partial charge in [0.25, 0.3) is 5.91 Å². The van der Waals surface area contributed by atoms with Crippen molar-refractivity contribution in [2.75, 3.05) is 16.8 Å². The molecule has 0 spiro atoms. The number of benzene rings is 3. The van der Waals surface area contributed by atoms with Crippen molar-refractivity contribution in [2.45, 2.75) is 32.3 Å². The van der Waals surface area contributed by atoms with Crippen LogP contribution in [-0.4, -0.2) is 40.8 Å². The van der Waals surface area contributed by atoms with Gasteiger partial charge in [0.2, 0.25) is 5.91 Å². The lowest BCUT2D eigenvalue weighted by atomic mass is 10.1. The molecule has 0 saturated carbocycles. The summed E-state index contributed by atoms with van der Waals surface area (Å²) >= 11 is 5.57. The van der Waals surface area contributed by atoms with Crippen LogP contribution in [0.15, 0.2) is 72.8 Å². The van der Waals surface area contributed by atoms with Crippen LogP contribution >= 0.6 is 12.2 Å². The van der Waals surface area contributed by atoms with Gasteiger partial charge >= 0.3 is 6.36 Å². The Morgan fingerprint density at radius 1 is 0.974 bits per heavy atom. The second-order valence-corrected chi connectivity index (χ2v) is 8.84. The Hall–Kier alpha value is -4.19. The molecule has 0 bridgehead atoms. The summed E-state index contributed by atoms with van der Waals surface area (Å²) in [6.45, 7) is 2.37. The Bertz CT molecular complexity index is 1330. The average Bonchev–Trinajstić information content (AvgIpc) is 3.10. The Morgan fingerprint density at radius 2 is 1.59 bits per heavy atom. The van der Waals surface area contributed by atoms with E-state index in [1.165, 1.54) is 46.2 Å². The molecule has 3 aromatic carbocycles. The summed E-state index contributed by atoms with van der Waals surface area (Å²) < 4.78 is 60.4. The molecule has 39 heavy (non-hydrogen) atoms. The SMILES string of the molecule is CCOc1ccc(NC(=O)C[C@H]2C(=O)N(c3ccc(F)cc3)C(=S)N2Cc2ccc(OC(F)(F)F)cc2)cc1. The molecule has 12 heteroatoms. The molecule has 7 nitrogen and oxygen atoms in total. The number of rotatable bonds is 9. The normalized spacial score (nSPS) is 15.5. The number of alkyl halides is 3. The quantitative estimate of drug-likeness (QED) is 0.269. The van der Waals surface area contributed by atoms with Crippen molar-refractivity contribution in [2.24, 2.45) is 0 Å². The van der Waals surface area contributed by atoms with Gasteiger partial charge in [-0.1, -0.05) is 12.1 Å². The summed E-state index contributed by atoms with van der Waals surface area (Å²) in [7, 11) is 0. The van der Waals surface area contributed by atoms with E-state index >= 15 is 0 Å². The predicted octanol–water partition coefficient (Wildman–Crippen LogP) is 5.65. The van der Waals surface area contributed by atoms with Crippen molar-refractivity contribution >= 4 is 40.5 Å². The summed E-state index contributed by atoms with van der Waals surface area (Å²) in [5.74, 6) is -1.21. The maximum absolute atomic E-state index is 13.5. The molecule has 1 N–H and O–H groups in total. The van der Waals surface area contributed by atoms with E-state index in [4.69, 9.17) is 17.0 Å². The highest BCUT2D eigenvalue weighted by Crippen LogP contribution is 2.30. The van der Waals surface area contributed by atoms with Crippen LogP contribution in [0.3, 0.4) is 0 Å². The van der Waals surface area contributed by atoms with E-state index in [9.17, 15) is 27.2 Å². The van der Waals surface area contributed by atoms with E-state index in [1.54, 1.807) is 24.3 Å². The third-order valence-corrected chi connectivity index (χ3v) is 6.16. The minimum absolute atomic E-state index is 0.0234. The van der Waals surface area contributed by atoms with E-state index in [0.717, 1.165) is 12.1 Å². The molecule has 1 saturated heterocycles. The van der Waals surface area contributed by atoms with Gasteiger partial charge < -0.3 is 19.7 Å². The van der Waals surface area contributed by atoms with Crippen molar-refractivity contribution < 1.29 is 36.6 Å². The molecule has 1 aliphatic heterocycles. The number of ether oxygens (including phenoxy) is 2. The van der Waals surface area contributed by atoms with Gasteiger partial charge in [0.15, 0.2) is 5.11 Å². The number of hydrogen-bond donors (Lipinski definition) is 1. The molecule has 4 rings (SSSR count). The first-order valence-corrected chi connectivity index (χ1v) is 12.2. The molecule has 3 aromatic rings. The van der Waals surface area contributed by atoms with Crippen LogP contribution in [0.4, 0.5) is 28.9 Å². The maximum atomic E-state index is 13.5. The van der Waals surface area contributed by atoms with Crippen molar-refractivity contribution in [3.63, 3.8) is 0 Å². The molecule has 1 aliphatic rings. The molecule has 2 amide bonds. The highest BCUT2D eigenvalue weighted by atomic mass is 32.1. The summed E-state index contributed by atoms with van der Waals surface area (Å²) in [4.78, 5) is 29.1. The second-order valence-electron chi connectivity index (χ2n) is 8.48. The fourth-order valence-electron chi connectivity index (χ4n) is 4.02.